The number of oxime groups is 1. The average molecular weight is 657 g/mol. The van der Waals surface area contributed by atoms with Crippen LogP contribution in [0.15, 0.2) is 70.9 Å². The standard InChI is InChI=1S/C27H25N7O9S2/c1-32-7-8-33(12-32)6-2-3-14-10-44-24-19(23(38)34(24)20(14)25(39)40)30-22(37)18(15-11-45-27(28)29-15)31-43-21(26(41)42)13-4-5-16(35)17(36)9-13/h2-5,7-9,11-12,19,21,24H,6,10H2,1H3,(H6-,28,29,30,31,35,36,37,39,40,41,42)/p+1. The maximum atomic E-state index is 13.4. The number of carbonyl (C=O) groups excluding carboxylic acids is 2. The number of phenolic OH excluding ortho intramolecular Hbond substituents is 2. The molecule has 1 aromatic carbocycles. The summed E-state index contributed by atoms with van der Waals surface area (Å²) in [6.07, 6.45) is 7.22. The minimum absolute atomic E-state index is 0.0672. The van der Waals surface area contributed by atoms with E-state index < -0.39 is 58.5 Å². The average Bonchev–Trinajstić information content (AvgIpc) is 3.62. The number of nitrogens with zero attached hydrogens (tertiary/aromatic N) is 5. The quantitative estimate of drug-likeness (QED) is 0.0538. The Bertz CT molecular complexity index is 1780. The number of thioether (sulfide) groups is 1. The first kappa shape index (κ1) is 31.1. The highest BCUT2D eigenvalue weighted by atomic mass is 32.2. The lowest BCUT2D eigenvalue weighted by Crippen LogP contribution is -2.71. The number of anilines is 1. The van der Waals surface area contributed by atoms with Gasteiger partial charge >= 0.3 is 11.9 Å². The minimum Gasteiger partial charge on any atom is -0.504 e. The van der Waals surface area contributed by atoms with Gasteiger partial charge in [0.1, 0.15) is 41.7 Å². The molecule has 3 aromatic rings. The molecule has 7 N–H and O–H groups in total. The summed E-state index contributed by atoms with van der Waals surface area (Å²) in [4.78, 5) is 61.0. The predicted octanol–water partition coefficient (Wildman–Crippen LogP) is 0.304. The smallest absolute Gasteiger partial charge is 0.352 e. The molecule has 5 rings (SSSR count). The number of nitrogens with one attached hydrogen (secondary N) is 1. The fraction of sp³-hybridized carbons (Fsp3) is 0.222. The molecule has 16 nitrogen and oxygen atoms in total. The molecule has 0 bridgehead atoms. The van der Waals surface area contributed by atoms with E-state index in [2.05, 4.69) is 15.5 Å². The zero-order chi connectivity index (χ0) is 32.4. The van der Waals surface area contributed by atoms with E-state index in [4.69, 9.17) is 10.6 Å². The molecule has 3 unspecified atom stereocenters. The number of benzene rings is 1. The molecular weight excluding hydrogens is 630 g/mol. The Kier molecular flexibility index (Phi) is 8.77. The van der Waals surface area contributed by atoms with Gasteiger partial charge in [-0.25, -0.2) is 23.7 Å². The number of aromatic nitrogens is 3. The van der Waals surface area contributed by atoms with Crippen LogP contribution < -0.4 is 15.6 Å². The van der Waals surface area contributed by atoms with Crippen LogP contribution in [0.25, 0.3) is 0 Å². The highest BCUT2D eigenvalue weighted by Crippen LogP contribution is 2.40. The number of fused-ring (bicyclic) bond motifs is 1. The summed E-state index contributed by atoms with van der Waals surface area (Å²) in [5, 5.41) is 45.9. The van der Waals surface area contributed by atoms with Gasteiger partial charge in [0, 0.05) is 16.7 Å². The number of aliphatic carboxylic acids is 2. The Labute approximate surface area is 262 Å². The van der Waals surface area contributed by atoms with E-state index in [1.54, 1.807) is 12.2 Å². The zero-order valence-electron chi connectivity index (χ0n) is 23.3. The molecule has 2 aromatic heterocycles. The van der Waals surface area contributed by atoms with Crippen molar-refractivity contribution in [2.24, 2.45) is 12.2 Å². The summed E-state index contributed by atoms with van der Waals surface area (Å²) < 4.78 is 3.75. The number of rotatable bonds is 11. The predicted molar refractivity (Wildman–Crippen MR) is 159 cm³/mol. The maximum absolute atomic E-state index is 13.4. The number of thiazole rings is 1. The van der Waals surface area contributed by atoms with E-state index in [0.717, 1.165) is 28.4 Å². The van der Waals surface area contributed by atoms with Crippen molar-refractivity contribution in [1.29, 1.82) is 0 Å². The van der Waals surface area contributed by atoms with Crippen molar-refractivity contribution in [1.82, 2.24) is 19.8 Å². The van der Waals surface area contributed by atoms with Crippen LogP contribution in [0.1, 0.15) is 17.4 Å². The fourth-order valence-electron chi connectivity index (χ4n) is 4.57. The third-order valence-corrected chi connectivity index (χ3v) is 8.68. The molecule has 0 aliphatic carbocycles. The van der Waals surface area contributed by atoms with E-state index in [9.17, 15) is 39.6 Å². The second kappa shape index (κ2) is 12.7. The van der Waals surface area contributed by atoms with Crippen LogP contribution in [0.3, 0.4) is 0 Å². The molecule has 234 valence electrons. The zero-order valence-corrected chi connectivity index (χ0v) is 24.9. The number of carboxylic acids is 2. The van der Waals surface area contributed by atoms with Crippen LogP contribution in [-0.4, -0.2) is 81.5 Å². The third kappa shape index (κ3) is 6.46. The van der Waals surface area contributed by atoms with Crippen molar-refractivity contribution in [3.8, 4) is 11.5 Å². The van der Waals surface area contributed by atoms with Gasteiger partial charge in [0.2, 0.25) is 12.4 Å². The normalized spacial score (nSPS) is 18.8. The maximum Gasteiger partial charge on any atom is 0.352 e. The third-order valence-electron chi connectivity index (χ3n) is 6.70. The number of hydrogen-bond acceptors (Lipinski definition) is 12. The molecule has 1 fully saturated rings. The number of hydrogen-bond donors (Lipinski definition) is 6. The molecule has 18 heteroatoms. The fourth-order valence-corrected chi connectivity index (χ4v) is 6.43. The number of carboxylic acid groups (broad SMARTS) is 2. The van der Waals surface area contributed by atoms with Gasteiger partial charge in [-0.1, -0.05) is 17.3 Å². The Morgan fingerprint density at radius 2 is 2.07 bits per heavy atom. The lowest BCUT2D eigenvalue weighted by Gasteiger charge is -2.49. The van der Waals surface area contributed by atoms with Crippen molar-refractivity contribution in [3.05, 3.63) is 77.0 Å². The summed E-state index contributed by atoms with van der Waals surface area (Å²) in [5.41, 5.74) is 5.31. The number of phenols is 2. The molecule has 0 radical (unpaired) electrons. The number of nitrogens with two attached hydrogens (primary N) is 1. The largest absolute Gasteiger partial charge is 0.504 e. The van der Waals surface area contributed by atoms with E-state index in [1.165, 1.54) is 23.2 Å². The molecule has 2 amide bonds. The number of imidazole rings is 1. The van der Waals surface area contributed by atoms with Gasteiger partial charge in [-0.15, -0.1) is 23.1 Å². The first-order valence-electron chi connectivity index (χ1n) is 13.0. The van der Waals surface area contributed by atoms with Crippen molar-refractivity contribution in [2.75, 3.05) is 11.5 Å². The molecule has 0 spiro atoms. The van der Waals surface area contributed by atoms with Gasteiger partial charge < -0.3 is 36.3 Å². The second-order valence-electron chi connectivity index (χ2n) is 9.80. The molecule has 4 heterocycles. The summed E-state index contributed by atoms with van der Waals surface area (Å²) in [5.74, 6) is -5.27. The van der Waals surface area contributed by atoms with Gasteiger partial charge in [-0.2, -0.15) is 0 Å². The van der Waals surface area contributed by atoms with Crippen molar-refractivity contribution >= 4 is 57.7 Å². The van der Waals surface area contributed by atoms with Crippen LogP contribution >= 0.6 is 23.1 Å². The summed E-state index contributed by atoms with van der Waals surface area (Å²) in [7, 11) is 1.87. The van der Waals surface area contributed by atoms with E-state index >= 15 is 0 Å². The molecule has 0 saturated carbocycles. The van der Waals surface area contributed by atoms with Crippen LogP contribution in [0.2, 0.25) is 0 Å². The van der Waals surface area contributed by atoms with Crippen molar-refractivity contribution < 1.29 is 49.0 Å². The van der Waals surface area contributed by atoms with E-state index in [0.29, 0.717) is 12.1 Å². The van der Waals surface area contributed by atoms with Gasteiger partial charge in [0.25, 0.3) is 11.8 Å². The van der Waals surface area contributed by atoms with Gasteiger partial charge in [0.15, 0.2) is 22.3 Å². The topological polar surface area (TPSA) is 234 Å². The van der Waals surface area contributed by atoms with Crippen molar-refractivity contribution in [2.45, 2.75) is 24.1 Å². The number of allylic oxidation sites excluding steroid dienone is 2. The van der Waals surface area contributed by atoms with Crippen LogP contribution in [0.5, 0.6) is 11.5 Å². The number of aromatic hydroxyl groups is 2. The van der Waals surface area contributed by atoms with E-state index in [1.807, 2.05) is 34.9 Å². The number of aryl methyl sites for hydroxylation is 1. The Morgan fingerprint density at radius 3 is 2.69 bits per heavy atom. The monoisotopic (exact) mass is 656 g/mol. The van der Waals surface area contributed by atoms with E-state index in [-0.39, 0.29) is 27.8 Å². The lowest BCUT2D eigenvalue weighted by atomic mass is 10.0. The lowest BCUT2D eigenvalue weighted by molar-refractivity contribution is -0.671. The number of amides is 2. The number of carbonyl (C=O) groups is 4. The number of β-lactam (4-membered cyclic amide) rings is 1. The summed E-state index contributed by atoms with van der Waals surface area (Å²) in [6, 6.07) is 2.07. The van der Waals surface area contributed by atoms with Crippen LogP contribution in [0.4, 0.5) is 5.13 Å². The Hall–Kier alpha value is -5.36. The highest BCUT2D eigenvalue weighted by Gasteiger charge is 2.54. The molecule has 3 atom stereocenters. The molecular formula is C27H26N7O9S2+. The molecule has 45 heavy (non-hydrogen) atoms. The Balaban J connectivity index is 1.35. The second-order valence-corrected chi connectivity index (χ2v) is 11.8. The van der Waals surface area contributed by atoms with Crippen LogP contribution in [-0.2, 0) is 37.6 Å². The minimum atomic E-state index is -1.81. The molecule has 1 saturated heterocycles. The Morgan fingerprint density at radius 1 is 1.29 bits per heavy atom. The van der Waals surface area contributed by atoms with Gasteiger partial charge in [-0.3, -0.25) is 14.5 Å². The summed E-state index contributed by atoms with van der Waals surface area (Å²) in [6.45, 7) is 0.486. The van der Waals surface area contributed by atoms with Gasteiger partial charge in [0.05, 0.1) is 7.05 Å². The number of nitrogen functional groups attached to an aromatic ring is 1. The molecule has 2 aliphatic heterocycles. The summed E-state index contributed by atoms with van der Waals surface area (Å²) >= 11 is 2.23. The van der Waals surface area contributed by atoms with Gasteiger partial charge in [-0.05, 0) is 23.8 Å². The first-order valence-corrected chi connectivity index (χ1v) is 15.0. The first-order chi connectivity index (χ1) is 21.4. The van der Waals surface area contributed by atoms with Crippen molar-refractivity contribution in [3.63, 3.8) is 0 Å². The highest BCUT2D eigenvalue weighted by molar-refractivity contribution is 8.00. The molecule has 2 aliphatic rings. The SMILES string of the molecule is C[n+]1ccn(CC=CC2=C(C(=O)O)N3C(=O)C(NC(=O)C(=NOC(C(=O)O)c4ccc(O)c(O)c4)c4csc(N)n4)C3SC2)c1. The van der Waals surface area contributed by atoms with Crippen LogP contribution in [0, 0.1) is 0 Å².